The average Bonchev–Trinajstić information content (AvgIpc) is 3.02. The molecule has 4 nitrogen and oxygen atoms in total. The Labute approximate surface area is 162 Å². The predicted molar refractivity (Wildman–Crippen MR) is 106 cm³/mol. The van der Waals surface area contributed by atoms with Crippen LogP contribution >= 0.6 is 12.6 Å². The first kappa shape index (κ1) is 20.8. The van der Waals surface area contributed by atoms with Gasteiger partial charge in [0.25, 0.3) is 5.78 Å². The minimum Gasteiger partial charge on any atom is -0.283 e. The van der Waals surface area contributed by atoms with Gasteiger partial charge < -0.3 is 0 Å². The third-order valence-corrected chi connectivity index (χ3v) is 6.22. The van der Waals surface area contributed by atoms with Crippen molar-refractivity contribution in [3.8, 4) is 0 Å². The van der Waals surface area contributed by atoms with Gasteiger partial charge in [-0.05, 0) is 18.4 Å². The number of hydrogen-bond donors (Lipinski definition) is 1. The molecule has 26 heavy (non-hydrogen) atoms. The first-order valence-electron chi connectivity index (χ1n) is 9.45. The van der Waals surface area contributed by atoms with Gasteiger partial charge in [0, 0.05) is 11.8 Å². The Kier molecular flexibility index (Phi) is 6.46. The Hall–Kier alpha value is -1.46. The Balaban J connectivity index is 2.50. The summed E-state index contributed by atoms with van der Waals surface area (Å²) in [5.41, 5.74) is 0.316. The molecule has 142 valence electrons. The highest BCUT2D eigenvalue weighted by molar-refractivity contribution is 7.96. The maximum atomic E-state index is 13.4. The average molecular weight is 377 g/mol. The summed E-state index contributed by atoms with van der Waals surface area (Å²) in [5.74, 6) is -0.888. The zero-order chi connectivity index (χ0) is 19.5. The highest BCUT2D eigenvalue weighted by Gasteiger charge is 2.58. The fourth-order valence-electron chi connectivity index (χ4n) is 4.08. The van der Waals surface area contributed by atoms with Crippen molar-refractivity contribution in [2.24, 2.45) is 5.41 Å². The number of hydrogen-bond acceptors (Lipinski definition) is 3. The molecule has 0 saturated carbocycles. The standard InChI is InChI=1S/C21H29NO3S/c1-5-13-22(19(24)18(23)21(3,4)6-2)14-12-16(17(22)20(25)26)15-10-8-7-9-11-15/h7-11,16-17H,5-6,12-14H2,1-4H3/p+1/t16?,17-,22?/m0/s1. The van der Waals surface area contributed by atoms with Crippen molar-refractivity contribution < 1.29 is 18.9 Å². The van der Waals surface area contributed by atoms with Crippen LogP contribution in [0.5, 0.6) is 0 Å². The molecule has 0 spiro atoms. The summed E-state index contributed by atoms with van der Waals surface area (Å²) in [6.45, 7) is 8.50. The lowest BCUT2D eigenvalue weighted by Gasteiger charge is -2.38. The predicted octanol–water partition coefficient (Wildman–Crippen LogP) is 3.76. The van der Waals surface area contributed by atoms with E-state index in [4.69, 9.17) is 0 Å². The third kappa shape index (κ3) is 3.65. The molecule has 0 aromatic heterocycles. The number of thiol groups is 1. The number of carbonyl (C=O) groups is 3. The molecule has 1 saturated heterocycles. The van der Waals surface area contributed by atoms with Crippen LogP contribution in [-0.4, -0.2) is 40.4 Å². The van der Waals surface area contributed by atoms with Crippen molar-refractivity contribution in [3.05, 3.63) is 35.9 Å². The molecular weight excluding hydrogens is 346 g/mol. The SMILES string of the molecule is CCC[N+]1(C(=O)C(=O)C(C)(C)CC)CCC(c2ccccc2)[C@H]1C(=O)S. The number of Topliss-reactive ketones (excluding diaryl/α,β-unsaturated/α-hetero) is 1. The summed E-state index contributed by atoms with van der Waals surface area (Å²) in [4.78, 5) is 38.9. The fraction of sp³-hybridized carbons (Fsp3) is 0.571. The molecule has 2 rings (SSSR count). The highest BCUT2D eigenvalue weighted by Crippen LogP contribution is 2.42. The van der Waals surface area contributed by atoms with Gasteiger partial charge in [-0.2, -0.15) is 0 Å². The van der Waals surface area contributed by atoms with Crippen LogP contribution in [0.25, 0.3) is 0 Å². The van der Waals surface area contributed by atoms with Gasteiger partial charge in [-0.1, -0.05) is 70.7 Å². The van der Waals surface area contributed by atoms with Crippen LogP contribution in [0.15, 0.2) is 30.3 Å². The molecule has 1 aliphatic rings. The van der Waals surface area contributed by atoms with Gasteiger partial charge >= 0.3 is 5.91 Å². The van der Waals surface area contributed by atoms with E-state index in [1.165, 1.54) is 0 Å². The molecular formula is C21H30NO3S+. The number of amides is 1. The van der Waals surface area contributed by atoms with Gasteiger partial charge in [0.05, 0.1) is 19.0 Å². The van der Waals surface area contributed by atoms with Crippen molar-refractivity contribution in [3.63, 3.8) is 0 Å². The molecule has 2 unspecified atom stereocenters. The van der Waals surface area contributed by atoms with Crippen LogP contribution in [0, 0.1) is 5.41 Å². The molecule has 5 heteroatoms. The second-order valence-corrected chi connectivity index (χ2v) is 8.38. The zero-order valence-electron chi connectivity index (χ0n) is 16.2. The van der Waals surface area contributed by atoms with Gasteiger partial charge in [0.1, 0.15) is 0 Å². The molecule has 0 bridgehead atoms. The number of benzene rings is 1. The second-order valence-electron chi connectivity index (χ2n) is 7.94. The summed E-state index contributed by atoms with van der Waals surface area (Å²) in [6.07, 6.45) is 2.02. The summed E-state index contributed by atoms with van der Waals surface area (Å²) in [6, 6.07) is 9.18. The maximum Gasteiger partial charge on any atom is 0.382 e. The first-order chi connectivity index (χ1) is 12.2. The van der Waals surface area contributed by atoms with E-state index in [0.29, 0.717) is 25.9 Å². The molecule has 1 heterocycles. The Morgan fingerprint density at radius 3 is 2.27 bits per heavy atom. The van der Waals surface area contributed by atoms with E-state index in [-0.39, 0.29) is 21.3 Å². The van der Waals surface area contributed by atoms with Gasteiger partial charge in [-0.25, -0.2) is 9.28 Å². The van der Waals surface area contributed by atoms with Crippen LogP contribution in [0.1, 0.15) is 58.4 Å². The van der Waals surface area contributed by atoms with E-state index in [0.717, 1.165) is 12.0 Å². The van der Waals surface area contributed by atoms with E-state index in [9.17, 15) is 14.4 Å². The van der Waals surface area contributed by atoms with Gasteiger partial charge in [0.2, 0.25) is 5.12 Å². The minimum absolute atomic E-state index is 0.0827. The summed E-state index contributed by atoms with van der Waals surface area (Å²) in [7, 11) is 0. The van der Waals surface area contributed by atoms with Crippen LogP contribution in [-0.2, 0) is 14.4 Å². The van der Waals surface area contributed by atoms with Crippen molar-refractivity contribution in [1.82, 2.24) is 0 Å². The van der Waals surface area contributed by atoms with Crippen LogP contribution < -0.4 is 0 Å². The molecule has 0 N–H and O–H groups in total. The quantitative estimate of drug-likeness (QED) is 0.448. The van der Waals surface area contributed by atoms with E-state index >= 15 is 0 Å². The molecule has 1 fully saturated rings. The Morgan fingerprint density at radius 1 is 1.15 bits per heavy atom. The van der Waals surface area contributed by atoms with Crippen molar-refractivity contribution in [1.29, 1.82) is 0 Å². The number of likely N-dealkylation sites (tertiary alicyclic amines) is 1. The van der Waals surface area contributed by atoms with E-state index in [2.05, 4.69) is 12.6 Å². The second kappa shape index (κ2) is 8.05. The van der Waals surface area contributed by atoms with E-state index < -0.39 is 17.4 Å². The molecule has 1 aliphatic heterocycles. The Bertz CT molecular complexity index is 686. The molecule has 1 aromatic carbocycles. The molecule has 1 aromatic rings. The molecule has 3 atom stereocenters. The van der Waals surface area contributed by atoms with E-state index in [1.54, 1.807) is 13.8 Å². The number of rotatable bonds is 7. The number of nitrogens with zero attached hydrogens (tertiary/aromatic N) is 1. The largest absolute Gasteiger partial charge is 0.382 e. The Morgan fingerprint density at radius 2 is 1.77 bits per heavy atom. The van der Waals surface area contributed by atoms with Gasteiger partial charge in [0.15, 0.2) is 6.04 Å². The molecule has 0 aliphatic carbocycles. The monoisotopic (exact) mass is 376 g/mol. The van der Waals surface area contributed by atoms with Crippen LogP contribution in [0.4, 0.5) is 0 Å². The fourth-order valence-corrected chi connectivity index (χ4v) is 4.48. The molecule has 1 amide bonds. The van der Waals surface area contributed by atoms with Gasteiger partial charge in [-0.15, -0.1) is 0 Å². The van der Waals surface area contributed by atoms with Crippen molar-refractivity contribution in [2.75, 3.05) is 13.1 Å². The minimum atomic E-state index is -0.717. The lowest BCUT2D eigenvalue weighted by molar-refractivity contribution is -0.854. The van der Waals surface area contributed by atoms with E-state index in [1.807, 2.05) is 44.2 Å². The number of quaternary nitrogens is 1. The smallest absolute Gasteiger partial charge is 0.283 e. The summed E-state index contributed by atoms with van der Waals surface area (Å²) in [5, 5.41) is -0.305. The topological polar surface area (TPSA) is 51.2 Å². The maximum absolute atomic E-state index is 13.4. The number of carbonyl (C=O) groups excluding carboxylic acids is 3. The van der Waals surface area contributed by atoms with Crippen LogP contribution in [0.3, 0.4) is 0 Å². The first-order valence-corrected chi connectivity index (χ1v) is 9.89. The highest BCUT2D eigenvalue weighted by atomic mass is 32.1. The molecule has 0 radical (unpaired) electrons. The lowest BCUT2D eigenvalue weighted by Crippen LogP contribution is -2.63. The van der Waals surface area contributed by atoms with Crippen LogP contribution in [0.2, 0.25) is 0 Å². The lowest BCUT2D eigenvalue weighted by atomic mass is 9.83. The van der Waals surface area contributed by atoms with Crippen molar-refractivity contribution >= 4 is 29.4 Å². The van der Waals surface area contributed by atoms with Crippen molar-refractivity contribution in [2.45, 2.75) is 58.9 Å². The summed E-state index contributed by atoms with van der Waals surface area (Å²) < 4.78 is -0.0827. The normalized spacial score (nSPS) is 25.9. The van der Waals surface area contributed by atoms with Gasteiger partial charge in [-0.3, -0.25) is 9.59 Å². The number of ketones is 1. The third-order valence-electron chi connectivity index (χ3n) is 5.95. The summed E-state index contributed by atoms with van der Waals surface area (Å²) >= 11 is 4.15. The zero-order valence-corrected chi connectivity index (χ0v) is 17.1.